The Bertz CT molecular complexity index is 1270. The Morgan fingerprint density at radius 2 is 1.91 bits per heavy atom. The molecule has 1 saturated heterocycles. The molecule has 176 valence electrons. The van der Waals surface area contributed by atoms with Gasteiger partial charge in [-0.25, -0.2) is 13.4 Å². The van der Waals surface area contributed by atoms with Crippen LogP contribution in [-0.4, -0.2) is 55.7 Å². The number of aromatic nitrogens is 1. The van der Waals surface area contributed by atoms with Crippen LogP contribution < -0.4 is 5.32 Å². The number of ether oxygens (including phenoxy) is 1. The van der Waals surface area contributed by atoms with E-state index in [4.69, 9.17) is 9.15 Å². The second-order valence-electron chi connectivity index (χ2n) is 8.05. The normalized spacial score (nSPS) is 16.1. The Balaban J connectivity index is 1.39. The minimum absolute atomic E-state index is 0.117. The average molecular weight is 490 g/mol. The highest BCUT2D eigenvalue weighted by Crippen LogP contribution is 2.27. The highest BCUT2D eigenvalue weighted by Gasteiger charge is 2.27. The standard InChI is InChI=1S/C23H27N3O5S2/c1-15-4-5-18(12-16(15)2)17(3)24-22(27)14-32-23-25-20-13-19(6-7-21(20)31-23)33(28,29)26-8-10-30-11-9-26/h4-7,12-13,17H,8-11,14H2,1-3H3,(H,24,27). The van der Waals surface area contributed by atoms with E-state index in [1.165, 1.54) is 39.3 Å². The first-order chi connectivity index (χ1) is 15.7. The molecule has 1 amide bonds. The maximum Gasteiger partial charge on any atom is 0.257 e. The van der Waals surface area contributed by atoms with Gasteiger partial charge in [-0.2, -0.15) is 4.31 Å². The van der Waals surface area contributed by atoms with Crippen molar-refractivity contribution in [2.24, 2.45) is 0 Å². The Labute approximate surface area is 197 Å². The minimum Gasteiger partial charge on any atom is -0.431 e. The molecule has 0 spiro atoms. The van der Waals surface area contributed by atoms with E-state index < -0.39 is 10.0 Å². The van der Waals surface area contributed by atoms with Crippen molar-refractivity contribution < 1.29 is 22.4 Å². The van der Waals surface area contributed by atoms with Gasteiger partial charge < -0.3 is 14.5 Å². The lowest BCUT2D eigenvalue weighted by Crippen LogP contribution is -2.40. The molecule has 2 heterocycles. The fourth-order valence-corrected chi connectivity index (χ4v) is 5.65. The van der Waals surface area contributed by atoms with Crippen LogP contribution in [-0.2, 0) is 19.6 Å². The zero-order valence-corrected chi connectivity index (χ0v) is 20.5. The van der Waals surface area contributed by atoms with Crippen LogP contribution in [0.3, 0.4) is 0 Å². The summed E-state index contributed by atoms with van der Waals surface area (Å²) in [6.07, 6.45) is 0. The third kappa shape index (κ3) is 5.40. The van der Waals surface area contributed by atoms with Crippen LogP contribution in [0.5, 0.6) is 0 Å². The molecule has 1 unspecified atom stereocenters. The summed E-state index contributed by atoms with van der Waals surface area (Å²) in [5, 5.41) is 3.31. The van der Waals surface area contributed by atoms with Gasteiger partial charge in [0, 0.05) is 13.1 Å². The van der Waals surface area contributed by atoms with Gasteiger partial charge in [-0.1, -0.05) is 30.0 Å². The SMILES string of the molecule is Cc1ccc(C(C)NC(=O)CSc2nc3cc(S(=O)(=O)N4CCOCC4)ccc3o2)cc1C. The van der Waals surface area contributed by atoms with Gasteiger partial charge in [0.25, 0.3) is 5.22 Å². The van der Waals surface area contributed by atoms with Crippen molar-refractivity contribution in [1.29, 1.82) is 0 Å². The number of fused-ring (bicyclic) bond motifs is 1. The van der Waals surface area contributed by atoms with E-state index in [1.807, 2.05) is 26.0 Å². The molecule has 0 radical (unpaired) electrons. The van der Waals surface area contributed by atoms with Crippen LogP contribution >= 0.6 is 11.8 Å². The van der Waals surface area contributed by atoms with E-state index in [-0.39, 0.29) is 22.6 Å². The summed E-state index contributed by atoms with van der Waals surface area (Å²) < 4.78 is 38.1. The molecule has 1 aliphatic heterocycles. The van der Waals surface area contributed by atoms with E-state index in [9.17, 15) is 13.2 Å². The van der Waals surface area contributed by atoms with Crippen LogP contribution in [0.4, 0.5) is 0 Å². The molecule has 0 bridgehead atoms. The van der Waals surface area contributed by atoms with Crippen LogP contribution in [0.25, 0.3) is 11.1 Å². The number of hydrogen-bond donors (Lipinski definition) is 1. The van der Waals surface area contributed by atoms with Crippen molar-refractivity contribution in [2.45, 2.75) is 36.9 Å². The number of benzene rings is 2. The maximum absolute atomic E-state index is 12.9. The summed E-state index contributed by atoms with van der Waals surface area (Å²) in [6.45, 7) is 7.48. The number of nitrogens with zero attached hydrogens (tertiary/aromatic N) is 2. The van der Waals surface area contributed by atoms with Gasteiger partial charge in [0.15, 0.2) is 5.58 Å². The summed E-state index contributed by atoms with van der Waals surface area (Å²) >= 11 is 1.17. The quantitative estimate of drug-likeness (QED) is 0.507. The van der Waals surface area contributed by atoms with E-state index >= 15 is 0 Å². The summed E-state index contributed by atoms with van der Waals surface area (Å²) in [6, 6.07) is 10.7. The molecule has 1 aliphatic rings. The predicted molar refractivity (Wildman–Crippen MR) is 127 cm³/mol. The van der Waals surface area contributed by atoms with Crippen LogP contribution in [0.15, 0.2) is 50.9 Å². The number of carbonyl (C=O) groups excluding carboxylic acids is 1. The van der Waals surface area contributed by atoms with Crippen molar-refractivity contribution in [3.05, 3.63) is 53.1 Å². The molecule has 8 nitrogen and oxygen atoms in total. The van der Waals surface area contributed by atoms with Crippen molar-refractivity contribution in [2.75, 3.05) is 32.1 Å². The highest BCUT2D eigenvalue weighted by molar-refractivity contribution is 7.99. The fraction of sp³-hybridized carbons (Fsp3) is 0.391. The highest BCUT2D eigenvalue weighted by atomic mass is 32.2. The molecular weight excluding hydrogens is 462 g/mol. The van der Waals surface area contributed by atoms with Gasteiger partial charge in [0.1, 0.15) is 5.52 Å². The lowest BCUT2D eigenvalue weighted by atomic mass is 10.0. The first-order valence-electron chi connectivity index (χ1n) is 10.7. The number of amides is 1. The summed E-state index contributed by atoms with van der Waals surface area (Å²) in [7, 11) is -3.61. The number of hydrogen-bond acceptors (Lipinski definition) is 7. The molecule has 0 aliphatic carbocycles. The third-order valence-corrected chi connectivity index (χ3v) is 8.41. The maximum atomic E-state index is 12.9. The molecule has 1 atom stereocenters. The van der Waals surface area contributed by atoms with Crippen LogP contribution in [0.2, 0.25) is 0 Å². The second-order valence-corrected chi connectivity index (χ2v) is 10.9. The molecule has 1 N–H and O–H groups in total. The summed E-state index contributed by atoms with van der Waals surface area (Å²) in [5.74, 6) is 0.00424. The first kappa shape index (κ1) is 23.7. The molecule has 33 heavy (non-hydrogen) atoms. The number of morpholine rings is 1. The van der Waals surface area contributed by atoms with Gasteiger partial charge in [0.05, 0.1) is 29.9 Å². The Morgan fingerprint density at radius 3 is 2.64 bits per heavy atom. The average Bonchev–Trinajstić information content (AvgIpc) is 3.22. The largest absolute Gasteiger partial charge is 0.431 e. The molecule has 1 fully saturated rings. The number of nitrogens with one attached hydrogen (secondary N) is 1. The lowest BCUT2D eigenvalue weighted by molar-refractivity contribution is -0.119. The zero-order chi connectivity index (χ0) is 23.6. The van der Waals surface area contributed by atoms with Crippen molar-refractivity contribution >= 4 is 38.8 Å². The molecule has 0 saturated carbocycles. The van der Waals surface area contributed by atoms with Crippen molar-refractivity contribution in [1.82, 2.24) is 14.6 Å². The number of sulfonamides is 1. The fourth-order valence-electron chi connectivity index (χ4n) is 3.57. The molecular formula is C23H27N3O5S2. The third-order valence-electron chi connectivity index (χ3n) is 5.68. The van der Waals surface area contributed by atoms with E-state index in [0.717, 1.165) is 5.56 Å². The monoisotopic (exact) mass is 489 g/mol. The molecule has 10 heteroatoms. The molecule has 4 rings (SSSR count). The van der Waals surface area contributed by atoms with Gasteiger partial charge in [0.2, 0.25) is 15.9 Å². The Hall–Kier alpha value is -2.40. The molecule has 1 aromatic heterocycles. The number of oxazole rings is 1. The van der Waals surface area contributed by atoms with Crippen LogP contribution in [0.1, 0.15) is 29.7 Å². The first-order valence-corrected chi connectivity index (χ1v) is 13.1. The topological polar surface area (TPSA) is 102 Å². The van der Waals surface area contributed by atoms with Gasteiger partial charge >= 0.3 is 0 Å². The number of carbonyl (C=O) groups is 1. The van der Waals surface area contributed by atoms with Crippen molar-refractivity contribution in [3.63, 3.8) is 0 Å². The number of rotatable bonds is 7. The number of aryl methyl sites for hydroxylation is 2. The minimum atomic E-state index is -3.61. The van der Waals surface area contributed by atoms with E-state index in [1.54, 1.807) is 6.07 Å². The predicted octanol–water partition coefficient (Wildman–Crippen LogP) is 3.44. The van der Waals surface area contributed by atoms with E-state index in [0.29, 0.717) is 42.6 Å². The summed E-state index contributed by atoms with van der Waals surface area (Å²) in [5.41, 5.74) is 4.36. The van der Waals surface area contributed by atoms with E-state index in [2.05, 4.69) is 23.3 Å². The zero-order valence-electron chi connectivity index (χ0n) is 18.8. The number of thioether (sulfide) groups is 1. The summed E-state index contributed by atoms with van der Waals surface area (Å²) in [4.78, 5) is 17.0. The Kier molecular flexibility index (Phi) is 7.08. The second kappa shape index (κ2) is 9.84. The van der Waals surface area contributed by atoms with Gasteiger partial charge in [-0.15, -0.1) is 0 Å². The Morgan fingerprint density at radius 1 is 1.15 bits per heavy atom. The molecule has 2 aromatic carbocycles. The molecule has 3 aromatic rings. The lowest BCUT2D eigenvalue weighted by Gasteiger charge is -2.25. The van der Waals surface area contributed by atoms with Crippen molar-refractivity contribution in [3.8, 4) is 0 Å². The van der Waals surface area contributed by atoms with Gasteiger partial charge in [-0.3, -0.25) is 4.79 Å². The smallest absolute Gasteiger partial charge is 0.257 e. The van der Waals surface area contributed by atoms with Gasteiger partial charge in [-0.05, 0) is 55.7 Å². The van der Waals surface area contributed by atoms with Crippen LogP contribution in [0, 0.1) is 13.8 Å².